The standard InChI is InChI=1S/C19H25N3O2S/c1-16-4-6-19(7-5-16)25(23,24)21-14-17-8-11-22(12-9-17)15-18-3-2-10-20-13-18/h2-7,10,13,17,21H,8-9,11-12,14-15H2,1H3. The zero-order chi connectivity index (χ0) is 17.7. The number of benzene rings is 1. The van der Waals surface area contributed by atoms with Crippen LogP contribution in [-0.4, -0.2) is 37.9 Å². The van der Waals surface area contributed by atoms with Gasteiger partial charge in [0.2, 0.25) is 10.0 Å². The minimum absolute atomic E-state index is 0.340. The van der Waals surface area contributed by atoms with Crippen LogP contribution in [0.15, 0.2) is 53.7 Å². The van der Waals surface area contributed by atoms with Crippen LogP contribution in [0.2, 0.25) is 0 Å². The first-order valence-corrected chi connectivity index (χ1v) is 10.2. The Morgan fingerprint density at radius 1 is 1.16 bits per heavy atom. The van der Waals surface area contributed by atoms with Crippen molar-refractivity contribution in [1.82, 2.24) is 14.6 Å². The highest BCUT2D eigenvalue weighted by atomic mass is 32.2. The molecule has 134 valence electrons. The number of hydrogen-bond donors (Lipinski definition) is 1. The van der Waals surface area contributed by atoms with Crippen LogP contribution in [-0.2, 0) is 16.6 Å². The molecular weight excluding hydrogens is 334 g/mol. The summed E-state index contributed by atoms with van der Waals surface area (Å²) in [6.45, 7) is 5.35. The van der Waals surface area contributed by atoms with Gasteiger partial charge in [0.25, 0.3) is 0 Å². The molecule has 1 aromatic carbocycles. The van der Waals surface area contributed by atoms with Gasteiger partial charge in [-0.3, -0.25) is 9.88 Å². The van der Waals surface area contributed by atoms with E-state index in [-0.39, 0.29) is 0 Å². The van der Waals surface area contributed by atoms with Gasteiger partial charge in [-0.1, -0.05) is 23.8 Å². The molecule has 1 N–H and O–H groups in total. The smallest absolute Gasteiger partial charge is 0.240 e. The van der Waals surface area contributed by atoms with E-state index >= 15 is 0 Å². The number of rotatable bonds is 6. The molecule has 3 rings (SSSR count). The molecule has 1 saturated heterocycles. The molecular formula is C19H25N3O2S. The Morgan fingerprint density at radius 3 is 2.52 bits per heavy atom. The van der Waals surface area contributed by atoms with Crippen LogP contribution >= 0.6 is 0 Å². The Bertz CT molecular complexity index is 768. The van der Waals surface area contributed by atoms with Gasteiger partial charge in [-0.15, -0.1) is 0 Å². The molecule has 2 heterocycles. The number of aryl methyl sites for hydroxylation is 1. The van der Waals surface area contributed by atoms with Crippen LogP contribution < -0.4 is 4.72 Å². The quantitative estimate of drug-likeness (QED) is 0.861. The van der Waals surface area contributed by atoms with Crippen LogP contribution in [0.4, 0.5) is 0 Å². The normalized spacial score (nSPS) is 16.8. The lowest BCUT2D eigenvalue weighted by atomic mass is 9.97. The van der Waals surface area contributed by atoms with Gasteiger partial charge in [-0.2, -0.15) is 0 Å². The van der Waals surface area contributed by atoms with Gasteiger partial charge in [0.1, 0.15) is 0 Å². The molecule has 5 nitrogen and oxygen atoms in total. The van der Waals surface area contributed by atoms with Crippen LogP contribution in [0, 0.1) is 12.8 Å². The van der Waals surface area contributed by atoms with Crippen molar-refractivity contribution in [2.75, 3.05) is 19.6 Å². The lowest BCUT2D eigenvalue weighted by Gasteiger charge is -2.31. The van der Waals surface area contributed by atoms with E-state index in [4.69, 9.17) is 0 Å². The van der Waals surface area contributed by atoms with E-state index in [1.807, 2.05) is 31.3 Å². The maximum absolute atomic E-state index is 12.4. The Labute approximate surface area is 150 Å². The first-order chi connectivity index (χ1) is 12.0. The third-order valence-electron chi connectivity index (χ3n) is 4.73. The van der Waals surface area contributed by atoms with E-state index in [0.29, 0.717) is 17.4 Å². The zero-order valence-corrected chi connectivity index (χ0v) is 15.4. The van der Waals surface area contributed by atoms with Gasteiger partial charge in [0, 0.05) is 25.5 Å². The predicted molar refractivity (Wildman–Crippen MR) is 98.6 cm³/mol. The maximum atomic E-state index is 12.4. The first kappa shape index (κ1) is 18.0. The van der Waals surface area contributed by atoms with Gasteiger partial charge in [0.05, 0.1) is 4.90 Å². The zero-order valence-electron chi connectivity index (χ0n) is 14.6. The fourth-order valence-electron chi connectivity index (χ4n) is 3.13. The molecule has 0 saturated carbocycles. The molecule has 0 unspecified atom stereocenters. The molecule has 0 atom stereocenters. The molecule has 0 spiro atoms. The summed E-state index contributed by atoms with van der Waals surface area (Å²) < 4.78 is 27.5. The maximum Gasteiger partial charge on any atom is 0.240 e. The molecule has 6 heteroatoms. The third kappa shape index (κ3) is 5.11. The second kappa shape index (κ2) is 8.08. The molecule has 1 aliphatic rings. The molecule has 0 radical (unpaired) electrons. The van der Waals surface area contributed by atoms with Gasteiger partial charge in [-0.05, 0) is 62.5 Å². The summed E-state index contributed by atoms with van der Waals surface area (Å²) in [6.07, 6.45) is 5.71. The van der Waals surface area contributed by atoms with Gasteiger partial charge < -0.3 is 0 Å². The van der Waals surface area contributed by atoms with E-state index in [9.17, 15) is 8.42 Å². The Kier molecular flexibility index (Phi) is 5.83. The van der Waals surface area contributed by atoms with Crippen molar-refractivity contribution in [3.63, 3.8) is 0 Å². The number of piperidine rings is 1. The van der Waals surface area contributed by atoms with E-state index in [1.165, 1.54) is 5.56 Å². The predicted octanol–water partition coefficient (Wildman–Crippen LogP) is 2.58. The van der Waals surface area contributed by atoms with E-state index in [2.05, 4.69) is 20.7 Å². The van der Waals surface area contributed by atoms with Crippen molar-refractivity contribution in [2.24, 2.45) is 5.92 Å². The highest BCUT2D eigenvalue weighted by Gasteiger charge is 2.22. The second-order valence-corrected chi connectivity index (χ2v) is 8.51. The van der Waals surface area contributed by atoms with Crippen molar-refractivity contribution >= 4 is 10.0 Å². The topological polar surface area (TPSA) is 62.3 Å². The summed E-state index contributed by atoms with van der Waals surface area (Å²) in [5, 5.41) is 0. The number of pyridine rings is 1. The Balaban J connectivity index is 1.47. The van der Waals surface area contributed by atoms with E-state index in [0.717, 1.165) is 38.0 Å². The second-order valence-electron chi connectivity index (χ2n) is 6.75. The third-order valence-corrected chi connectivity index (χ3v) is 6.17. The highest BCUT2D eigenvalue weighted by molar-refractivity contribution is 7.89. The van der Waals surface area contributed by atoms with Gasteiger partial charge in [-0.25, -0.2) is 13.1 Å². The average Bonchev–Trinajstić information content (AvgIpc) is 2.62. The van der Waals surface area contributed by atoms with E-state index in [1.54, 1.807) is 18.3 Å². The van der Waals surface area contributed by atoms with Crippen molar-refractivity contribution in [2.45, 2.75) is 31.2 Å². The molecule has 25 heavy (non-hydrogen) atoms. The van der Waals surface area contributed by atoms with Crippen LogP contribution in [0.5, 0.6) is 0 Å². The molecule has 0 aliphatic carbocycles. The van der Waals surface area contributed by atoms with Crippen LogP contribution in [0.25, 0.3) is 0 Å². The summed E-state index contributed by atoms with van der Waals surface area (Å²) in [4.78, 5) is 6.90. The highest BCUT2D eigenvalue weighted by Crippen LogP contribution is 2.19. The number of aromatic nitrogens is 1. The fraction of sp³-hybridized carbons (Fsp3) is 0.421. The SMILES string of the molecule is Cc1ccc(S(=O)(=O)NCC2CCN(Cc3cccnc3)CC2)cc1. The van der Waals surface area contributed by atoms with Gasteiger partial charge >= 0.3 is 0 Å². The summed E-state index contributed by atoms with van der Waals surface area (Å²) >= 11 is 0. The molecule has 0 amide bonds. The van der Waals surface area contributed by atoms with Crippen molar-refractivity contribution in [3.8, 4) is 0 Å². The van der Waals surface area contributed by atoms with Crippen LogP contribution in [0.1, 0.15) is 24.0 Å². The van der Waals surface area contributed by atoms with Crippen LogP contribution in [0.3, 0.4) is 0 Å². The van der Waals surface area contributed by atoms with Crippen molar-refractivity contribution in [3.05, 3.63) is 59.9 Å². The summed E-state index contributed by atoms with van der Waals surface area (Å²) in [5.41, 5.74) is 2.28. The summed E-state index contributed by atoms with van der Waals surface area (Å²) in [5.74, 6) is 0.394. The number of likely N-dealkylation sites (tertiary alicyclic amines) is 1. The fourth-order valence-corrected chi connectivity index (χ4v) is 4.24. The Hall–Kier alpha value is -1.76. The van der Waals surface area contributed by atoms with Crippen molar-refractivity contribution < 1.29 is 8.42 Å². The molecule has 0 bridgehead atoms. The Morgan fingerprint density at radius 2 is 1.88 bits per heavy atom. The number of nitrogens with one attached hydrogen (secondary N) is 1. The summed E-state index contributed by atoms with van der Waals surface area (Å²) in [6, 6.07) is 11.0. The number of sulfonamides is 1. The average molecular weight is 359 g/mol. The molecule has 1 fully saturated rings. The minimum atomic E-state index is -3.41. The largest absolute Gasteiger partial charge is 0.299 e. The summed E-state index contributed by atoms with van der Waals surface area (Å²) in [7, 11) is -3.41. The number of hydrogen-bond acceptors (Lipinski definition) is 4. The minimum Gasteiger partial charge on any atom is -0.299 e. The monoisotopic (exact) mass is 359 g/mol. The van der Waals surface area contributed by atoms with Gasteiger partial charge in [0.15, 0.2) is 0 Å². The lowest BCUT2D eigenvalue weighted by molar-refractivity contribution is 0.178. The lowest BCUT2D eigenvalue weighted by Crippen LogP contribution is -2.38. The molecule has 2 aromatic rings. The first-order valence-electron chi connectivity index (χ1n) is 8.70. The molecule has 1 aliphatic heterocycles. The van der Waals surface area contributed by atoms with E-state index < -0.39 is 10.0 Å². The number of nitrogens with zero attached hydrogens (tertiary/aromatic N) is 2. The van der Waals surface area contributed by atoms with Crippen molar-refractivity contribution in [1.29, 1.82) is 0 Å². The molecule has 1 aromatic heterocycles.